The summed E-state index contributed by atoms with van der Waals surface area (Å²) in [7, 11) is 0. The molecule has 2 heterocycles. The van der Waals surface area contributed by atoms with Gasteiger partial charge in [-0.15, -0.1) is 0 Å². The maximum atomic E-state index is 12.2. The fraction of sp³-hybridized carbons (Fsp3) is 0.333. The maximum absolute atomic E-state index is 12.2. The first-order chi connectivity index (χ1) is 9.70. The van der Waals surface area contributed by atoms with Crippen molar-refractivity contribution in [1.82, 2.24) is 9.97 Å². The highest BCUT2D eigenvalue weighted by Crippen LogP contribution is 2.31. The lowest BCUT2D eigenvalue weighted by Gasteiger charge is -2.10. The van der Waals surface area contributed by atoms with Gasteiger partial charge in [-0.3, -0.25) is 4.79 Å². The molecule has 5 nitrogen and oxygen atoms in total. The van der Waals surface area contributed by atoms with Crippen LogP contribution in [0.5, 0.6) is 5.75 Å². The van der Waals surface area contributed by atoms with E-state index in [9.17, 15) is 4.79 Å². The van der Waals surface area contributed by atoms with E-state index in [1.54, 1.807) is 0 Å². The summed E-state index contributed by atoms with van der Waals surface area (Å²) in [5.74, 6) is 2.14. The number of ether oxygens (including phenoxy) is 1. The smallest absolute Gasteiger partial charge is 0.256 e. The normalized spacial score (nSPS) is 16.6. The third-order valence-corrected chi connectivity index (χ3v) is 3.47. The van der Waals surface area contributed by atoms with E-state index < -0.39 is 0 Å². The van der Waals surface area contributed by atoms with Crippen molar-refractivity contribution >= 4 is 5.82 Å². The second-order valence-corrected chi connectivity index (χ2v) is 4.89. The van der Waals surface area contributed by atoms with E-state index in [1.165, 1.54) is 0 Å². The number of anilines is 1. The molecule has 1 atom stereocenters. The number of H-pyrrole nitrogens is 1. The Hall–Kier alpha value is -2.30. The number of hydrogen-bond acceptors (Lipinski definition) is 4. The number of para-hydroxylation sites is 1. The lowest BCUT2D eigenvalue weighted by molar-refractivity contribution is 0.341. The Morgan fingerprint density at radius 3 is 3.00 bits per heavy atom. The number of fused-ring (bicyclic) bond motifs is 1. The average molecular weight is 271 g/mol. The van der Waals surface area contributed by atoms with Gasteiger partial charge in [0.05, 0.1) is 17.7 Å². The molecule has 0 saturated carbocycles. The molecule has 0 amide bonds. The van der Waals surface area contributed by atoms with Crippen LogP contribution in [0.4, 0.5) is 5.82 Å². The lowest BCUT2D eigenvalue weighted by Crippen LogP contribution is -2.15. The zero-order valence-corrected chi connectivity index (χ0v) is 11.6. The standard InChI is InChI=1S/C15H17N3O2/c1-3-20-11-7-5-4-6-10(11)13-17-14-12(15(19)18-13)9(2)8-16-14/h4-7,9H,3,8H2,1-2H3,(H2,16,17,18,19). The predicted molar refractivity (Wildman–Crippen MR) is 78.4 cm³/mol. The molecule has 5 heteroatoms. The van der Waals surface area contributed by atoms with Gasteiger partial charge in [0, 0.05) is 12.5 Å². The summed E-state index contributed by atoms with van der Waals surface area (Å²) in [6.45, 7) is 5.27. The van der Waals surface area contributed by atoms with E-state index in [4.69, 9.17) is 4.74 Å². The van der Waals surface area contributed by atoms with E-state index in [0.29, 0.717) is 18.2 Å². The van der Waals surface area contributed by atoms with Crippen LogP contribution in [-0.2, 0) is 0 Å². The summed E-state index contributed by atoms with van der Waals surface area (Å²) in [6, 6.07) is 7.58. The van der Waals surface area contributed by atoms with Gasteiger partial charge in [0.15, 0.2) is 0 Å². The molecule has 1 aromatic carbocycles. The first-order valence-corrected chi connectivity index (χ1v) is 6.81. The third-order valence-electron chi connectivity index (χ3n) is 3.47. The van der Waals surface area contributed by atoms with Gasteiger partial charge in [-0.05, 0) is 19.1 Å². The molecule has 2 N–H and O–H groups in total. The zero-order valence-electron chi connectivity index (χ0n) is 11.6. The number of aromatic amines is 1. The van der Waals surface area contributed by atoms with Crippen molar-refractivity contribution in [1.29, 1.82) is 0 Å². The van der Waals surface area contributed by atoms with Crippen LogP contribution in [0.3, 0.4) is 0 Å². The third kappa shape index (κ3) is 2.05. The van der Waals surface area contributed by atoms with Crippen LogP contribution in [0.1, 0.15) is 25.3 Å². The molecule has 3 rings (SSSR count). The number of nitrogens with one attached hydrogen (secondary N) is 2. The van der Waals surface area contributed by atoms with Crippen molar-refractivity contribution < 1.29 is 4.74 Å². The number of rotatable bonds is 3. The second kappa shape index (κ2) is 5.00. The van der Waals surface area contributed by atoms with Crippen molar-refractivity contribution in [2.45, 2.75) is 19.8 Å². The minimum atomic E-state index is -0.0752. The van der Waals surface area contributed by atoms with Crippen LogP contribution in [0.25, 0.3) is 11.4 Å². The topological polar surface area (TPSA) is 67.0 Å². The van der Waals surface area contributed by atoms with Crippen molar-refractivity contribution in [3.63, 3.8) is 0 Å². The molecule has 104 valence electrons. The highest BCUT2D eigenvalue weighted by atomic mass is 16.5. The van der Waals surface area contributed by atoms with Crippen molar-refractivity contribution in [3.05, 3.63) is 40.2 Å². The van der Waals surface area contributed by atoms with E-state index >= 15 is 0 Å². The summed E-state index contributed by atoms with van der Waals surface area (Å²) < 4.78 is 5.59. The predicted octanol–water partition coefficient (Wildman–Crippen LogP) is 2.36. The average Bonchev–Trinajstić information content (AvgIpc) is 2.82. The van der Waals surface area contributed by atoms with Gasteiger partial charge in [-0.2, -0.15) is 0 Å². The largest absolute Gasteiger partial charge is 0.493 e. The Morgan fingerprint density at radius 1 is 1.40 bits per heavy atom. The second-order valence-electron chi connectivity index (χ2n) is 4.89. The molecule has 1 aliphatic rings. The van der Waals surface area contributed by atoms with E-state index in [-0.39, 0.29) is 11.5 Å². The lowest BCUT2D eigenvalue weighted by atomic mass is 10.1. The summed E-state index contributed by atoms with van der Waals surface area (Å²) >= 11 is 0. The fourth-order valence-corrected chi connectivity index (χ4v) is 2.50. The van der Waals surface area contributed by atoms with E-state index in [2.05, 4.69) is 15.3 Å². The molecule has 20 heavy (non-hydrogen) atoms. The number of nitrogens with zero attached hydrogens (tertiary/aromatic N) is 1. The molecule has 0 saturated heterocycles. The SMILES string of the molecule is CCOc1ccccc1-c1nc2c(c(=O)[nH]1)C(C)CN2. The Bertz CT molecular complexity index is 694. The Balaban J connectivity index is 2.13. The minimum Gasteiger partial charge on any atom is -0.493 e. The van der Waals surface area contributed by atoms with Gasteiger partial charge >= 0.3 is 0 Å². The first-order valence-electron chi connectivity index (χ1n) is 6.81. The van der Waals surface area contributed by atoms with Crippen LogP contribution in [-0.4, -0.2) is 23.1 Å². The van der Waals surface area contributed by atoms with Crippen LogP contribution >= 0.6 is 0 Å². The molecular formula is C15H17N3O2. The molecule has 1 unspecified atom stereocenters. The highest BCUT2D eigenvalue weighted by molar-refractivity contribution is 5.66. The van der Waals surface area contributed by atoms with E-state index in [0.717, 1.165) is 23.4 Å². The van der Waals surface area contributed by atoms with Crippen LogP contribution in [0.15, 0.2) is 29.1 Å². The molecule has 2 aromatic rings. The Labute approximate surface area is 117 Å². The summed E-state index contributed by atoms with van der Waals surface area (Å²) in [5, 5.41) is 3.18. The summed E-state index contributed by atoms with van der Waals surface area (Å²) in [4.78, 5) is 19.6. The van der Waals surface area contributed by atoms with E-state index in [1.807, 2.05) is 38.1 Å². The van der Waals surface area contributed by atoms with Gasteiger partial charge in [0.2, 0.25) is 0 Å². The summed E-state index contributed by atoms with van der Waals surface area (Å²) in [5.41, 5.74) is 1.46. The van der Waals surface area contributed by atoms with Gasteiger partial charge in [0.1, 0.15) is 17.4 Å². The molecule has 0 bridgehead atoms. The molecular weight excluding hydrogens is 254 g/mol. The molecule has 0 radical (unpaired) electrons. The number of hydrogen-bond donors (Lipinski definition) is 2. The molecule has 1 aliphatic heterocycles. The zero-order chi connectivity index (χ0) is 14.1. The summed E-state index contributed by atoms with van der Waals surface area (Å²) in [6.07, 6.45) is 0. The fourth-order valence-electron chi connectivity index (χ4n) is 2.50. The van der Waals surface area contributed by atoms with Gasteiger partial charge in [-0.25, -0.2) is 4.98 Å². The molecule has 0 fully saturated rings. The molecule has 0 aliphatic carbocycles. The first kappa shape index (κ1) is 12.7. The van der Waals surface area contributed by atoms with Gasteiger partial charge < -0.3 is 15.0 Å². The van der Waals surface area contributed by atoms with Crippen molar-refractivity contribution in [3.8, 4) is 17.1 Å². The van der Waals surface area contributed by atoms with Gasteiger partial charge in [0.25, 0.3) is 5.56 Å². The van der Waals surface area contributed by atoms with Crippen LogP contribution < -0.4 is 15.6 Å². The minimum absolute atomic E-state index is 0.0752. The van der Waals surface area contributed by atoms with Crippen molar-refractivity contribution in [2.24, 2.45) is 0 Å². The monoisotopic (exact) mass is 271 g/mol. The Kier molecular flexibility index (Phi) is 3.18. The maximum Gasteiger partial charge on any atom is 0.256 e. The Morgan fingerprint density at radius 2 is 2.20 bits per heavy atom. The van der Waals surface area contributed by atoms with Crippen molar-refractivity contribution in [2.75, 3.05) is 18.5 Å². The quantitative estimate of drug-likeness (QED) is 0.899. The van der Waals surface area contributed by atoms with Crippen LogP contribution in [0, 0.1) is 0 Å². The molecule has 1 aromatic heterocycles. The molecule has 0 spiro atoms. The number of benzene rings is 1. The highest BCUT2D eigenvalue weighted by Gasteiger charge is 2.24. The number of aromatic nitrogens is 2. The van der Waals surface area contributed by atoms with Gasteiger partial charge in [-0.1, -0.05) is 19.1 Å². The van der Waals surface area contributed by atoms with Crippen LogP contribution in [0.2, 0.25) is 0 Å².